The molecule has 1 atom stereocenters. The zero-order valence-electron chi connectivity index (χ0n) is 14.9. The molecule has 0 saturated heterocycles. The summed E-state index contributed by atoms with van der Waals surface area (Å²) in [5.74, 6) is -0.0103. The average Bonchev–Trinajstić information content (AvgIpc) is 3.31. The van der Waals surface area contributed by atoms with Crippen molar-refractivity contribution in [1.82, 2.24) is 15.4 Å². The first-order valence-corrected chi connectivity index (χ1v) is 10.1. The van der Waals surface area contributed by atoms with E-state index in [0.717, 1.165) is 25.1 Å². The molecule has 5 nitrogen and oxygen atoms in total. The molecule has 4 rings (SSSR count). The fourth-order valence-electron chi connectivity index (χ4n) is 3.43. The molecular formula is C20H20ClN3O2S. The predicted molar refractivity (Wildman–Crippen MR) is 106 cm³/mol. The maximum absolute atomic E-state index is 12.4. The summed E-state index contributed by atoms with van der Waals surface area (Å²) < 4.78 is 5.07. The van der Waals surface area contributed by atoms with Crippen LogP contribution in [0.3, 0.4) is 0 Å². The summed E-state index contributed by atoms with van der Waals surface area (Å²) >= 11 is 7.88. The van der Waals surface area contributed by atoms with Crippen molar-refractivity contribution in [2.75, 3.05) is 13.1 Å². The lowest BCUT2D eigenvalue weighted by Crippen LogP contribution is -2.40. The minimum absolute atomic E-state index is 0.0586. The number of hydrogen-bond donors (Lipinski definition) is 1. The second-order valence-corrected chi connectivity index (χ2v) is 8.14. The highest BCUT2D eigenvalue weighted by atomic mass is 35.5. The van der Waals surface area contributed by atoms with E-state index in [1.54, 1.807) is 13.0 Å². The van der Waals surface area contributed by atoms with E-state index in [9.17, 15) is 4.79 Å². The zero-order valence-corrected chi connectivity index (χ0v) is 16.5. The van der Waals surface area contributed by atoms with Gasteiger partial charge in [-0.05, 0) is 48.1 Å². The third-order valence-electron chi connectivity index (χ3n) is 4.84. The maximum Gasteiger partial charge on any atom is 0.289 e. The first-order chi connectivity index (χ1) is 13.1. The van der Waals surface area contributed by atoms with E-state index in [2.05, 4.69) is 26.8 Å². The zero-order chi connectivity index (χ0) is 18.8. The molecule has 0 radical (unpaired) electrons. The fraction of sp³-hybridized carbons (Fsp3) is 0.300. The Morgan fingerprint density at radius 1 is 1.37 bits per heavy atom. The van der Waals surface area contributed by atoms with Crippen LogP contribution in [0.1, 0.15) is 38.3 Å². The van der Waals surface area contributed by atoms with Gasteiger partial charge in [0.15, 0.2) is 0 Å². The van der Waals surface area contributed by atoms with E-state index in [4.69, 9.17) is 16.1 Å². The molecule has 1 aliphatic heterocycles. The van der Waals surface area contributed by atoms with E-state index in [1.165, 1.54) is 10.4 Å². The van der Waals surface area contributed by atoms with Crippen LogP contribution in [0.15, 0.2) is 46.3 Å². The fourth-order valence-corrected chi connectivity index (χ4v) is 4.44. The van der Waals surface area contributed by atoms with E-state index in [-0.39, 0.29) is 17.7 Å². The van der Waals surface area contributed by atoms with Crippen LogP contribution in [0, 0.1) is 6.92 Å². The molecule has 1 aromatic carbocycles. The van der Waals surface area contributed by atoms with Gasteiger partial charge in [-0.2, -0.15) is 0 Å². The van der Waals surface area contributed by atoms with Crippen molar-refractivity contribution in [1.29, 1.82) is 0 Å². The summed E-state index contributed by atoms with van der Waals surface area (Å²) in [5.41, 5.74) is 3.20. The largest absolute Gasteiger partial charge is 0.351 e. The van der Waals surface area contributed by atoms with Gasteiger partial charge >= 0.3 is 0 Å². The van der Waals surface area contributed by atoms with Crippen molar-refractivity contribution in [3.63, 3.8) is 0 Å². The molecular weight excluding hydrogens is 382 g/mol. The van der Waals surface area contributed by atoms with E-state index >= 15 is 0 Å². The Morgan fingerprint density at radius 3 is 2.93 bits per heavy atom. The van der Waals surface area contributed by atoms with E-state index < -0.39 is 0 Å². The normalized spacial score (nSPS) is 15.3. The monoisotopic (exact) mass is 401 g/mol. The molecule has 140 valence electrons. The summed E-state index contributed by atoms with van der Waals surface area (Å²) in [7, 11) is 0. The molecule has 2 aromatic heterocycles. The number of halogens is 1. The molecule has 1 aliphatic rings. The predicted octanol–water partition coefficient (Wildman–Crippen LogP) is 4.23. The number of aromatic nitrogens is 1. The molecule has 0 aliphatic carbocycles. The summed E-state index contributed by atoms with van der Waals surface area (Å²) in [6.45, 7) is 4.12. The van der Waals surface area contributed by atoms with Crippen molar-refractivity contribution in [3.05, 3.63) is 74.3 Å². The number of amides is 1. The number of nitrogens with zero attached hydrogens (tertiary/aromatic N) is 2. The van der Waals surface area contributed by atoms with Crippen molar-refractivity contribution < 1.29 is 9.32 Å². The quantitative estimate of drug-likeness (QED) is 0.695. The first-order valence-electron chi connectivity index (χ1n) is 8.86. The van der Waals surface area contributed by atoms with Gasteiger partial charge in [-0.3, -0.25) is 9.69 Å². The number of aryl methyl sites for hydroxylation is 1. The highest BCUT2D eigenvalue weighted by Crippen LogP contribution is 2.30. The molecule has 0 bridgehead atoms. The second kappa shape index (κ2) is 7.84. The van der Waals surface area contributed by atoms with Crippen molar-refractivity contribution in [2.45, 2.75) is 25.9 Å². The molecule has 3 heterocycles. The van der Waals surface area contributed by atoms with Gasteiger partial charge in [-0.25, -0.2) is 0 Å². The third kappa shape index (κ3) is 4.08. The lowest BCUT2D eigenvalue weighted by atomic mass is 10.0. The van der Waals surface area contributed by atoms with Crippen LogP contribution in [0.2, 0.25) is 5.02 Å². The van der Waals surface area contributed by atoms with Gasteiger partial charge in [0.2, 0.25) is 5.76 Å². The van der Waals surface area contributed by atoms with Crippen LogP contribution in [0.25, 0.3) is 0 Å². The summed E-state index contributed by atoms with van der Waals surface area (Å²) in [4.78, 5) is 16.3. The number of nitrogens with one attached hydrogen (secondary N) is 1. The van der Waals surface area contributed by atoms with Gasteiger partial charge in [0.25, 0.3) is 5.91 Å². The number of benzene rings is 1. The highest BCUT2D eigenvalue weighted by molar-refractivity contribution is 7.10. The Bertz CT molecular complexity index is 935. The number of fused-ring (bicyclic) bond motifs is 1. The highest BCUT2D eigenvalue weighted by Gasteiger charge is 2.26. The number of rotatable bonds is 5. The number of hydrogen-bond acceptors (Lipinski definition) is 5. The Morgan fingerprint density at radius 2 is 2.19 bits per heavy atom. The van der Waals surface area contributed by atoms with E-state index in [0.29, 0.717) is 17.3 Å². The Balaban J connectivity index is 1.53. The Kier molecular flexibility index (Phi) is 5.29. The van der Waals surface area contributed by atoms with Gasteiger partial charge in [-0.1, -0.05) is 28.9 Å². The number of carbonyl (C=O) groups is 1. The van der Waals surface area contributed by atoms with Crippen molar-refractivity contribution in [2.24, 2.45) is 0 Å². The van der Waals surface area contributed by atoms with Gasteiger partial charge in [-0.15, -0.1) is 11.3 Å². The summed E-state index contributed by atoms with van der Waals surface area (Å²) in [6, 6.07) is 11.7. The molecule has 0 fully saturated rings. The molecule has 1 unspecified atom stereocenters. The second-order valence-electron chi connectivity index (χ2n) is 6.70. The van der Waals surface area contributed by atoms with Gasteiger partial charge < -0.3 is 9.84 Å². The lowest BCUT2D eigenvalue weighted by Gasteiger charge is -2.35. The van der Waals surface area contributed by atoms with E-state index in [1.807, 2.05) is 35.6 Å². The SMILES string of the molecule is Cc1cc(C(=O)NCC(c2ccc(Cl)cc2)N2CCc3sccc3C2)on1. The molecule has 1 N–H and O–H groups in total. The topological polar surface area (TPSA) is 58.4 Å². The summed E-state index contributed by atoms with van der Waals surface area (Å²) in [6.07, 6.45) is 1.03. The van der Waals surface area contributed by atoms with Crippen LogP contribution in [0.4, 0.5) is 0 Å². The van der Waals surface area contributed by atoms with Crippen LogP contribution in [-0.2, 0) is 13.0 Å². The number of thiophene rings is 1. The van der Waals surface area contributed by atoms with Gasteiger partial charge in [0.05, 0.1) is 11.7 Å². The average molecular weight is 402 g/mol. The minimum atomic E-state index is -0.247. The van der Waals surface area contributed by atoms with Crippen LogP contribution in [-0.4, -0.2) is 29.1 Å². The lowest BCUT2D eigenvalue weighted by molar-refractivity contribution is 0.0891. The standard InChI is InChI=1S/C20H20ClN3O2S/c1-13-10-18(26-23-13)20(25)22-11-17(14-2-4-16(21)5-3-14)24-8-6-19-15(12-24)7-9-27-19/h2-5,7,9-10,17H,6,8,11-12H2,1H3,(H,22,25). The minimum Gasteiger partial charge on any atom is -0.351 e. The molecule has 27 heavy (non-hydrogen) atoms. The number of carbonyl (C=O) groups excluding carboxylic acids is 1. The smallest absolute Gasteiger partial charge is 0.289 e. The van der Waals surface area contributed by atoms with Crippen molar-refractivity contribution >= 4 is 28.8 Å². The molecule has 0 spiro atoms. The van der Waals surface area contributed by atoms with Crippen LogP contribution >= 0.6 is 22.9 Å². The molecule has 7 heteroatoms. The molecule has 0 saturated carbocycles. The maximum atomic E-state index is 12.4. The Hall–Kier alpha value is -2.15. The van der Waals surface area contributed by atoms with Crippen LogP contribution in [0.5, 0.6) is 0 Å². The molecule has 1 amide bonds. The third-order valence-corrected chi connectivity index (χ3v) is 6.12. The molecule has 3 aromatic rings. The van der Waals surface area contributed by atoms with Gasteiger partial charge in [0.1, 0.15) is 0 Å². The van der Waals surface area contributed by atoms with Gasteiger partial charge in [0, 0.05) is 35.6 Å². The first kappa shape index (κ1) is 18.2. The van der Waals surface area contributed by atoms with Crippen molar-refractivity contribution in [3.8, 4) is 0 Å². The Labute approximate surface area is 166 Å². The summed E-state index contributed by atoms with van der Waals surface area (Å²) in [5, 5.41) is 9.64. The van der Waals surface area contributed by atoms with Crippen LogP contribution < -0.4 is 5.32 Å².